The minimum Gasteiger partial charge on any atom is -0.479 e. The molecule has 0 unspecified atom stereocenters. The van der Waals surface area contributed by atoms with Gasteiger partial charge in [-0.25, -0.2) is 13.6 Å². The lowest BCUT2D eigenvalue weighted by atomic mass is 10.0. The fraction of sp³-hybridized carbons (Fsp3) is 0.160. The highest BCUT2D eigenvalue weighted by Gasteiger charge is 2.17. The minimum atomic E-state index is -1.06. The molecule has 1 aromatic heterocycles. The van der Waals surface area contributed by atoms with E-state index in [4.69, 9.17) is 14.3 Å². The zero-order chi connectivity index (χ0) is 22.5. The number of aryl methyl sites for hydroxylation is 1. The molecule has 4 nitrogen and oxygen atoms in total. The lowest BCUT2D eigenvalue weighted by molar-refractivity contribution is -0.139. The average Bonchev–Trinajstić information content (AvgIpc) is 3.20. The fourth-order valence-corrected chi connectivity index (χ4v) is 4.75. The molecule has 4 rings (SSSR count). The van der Waals surface area contributed by atoms with Crippen LogP contribution in [-0.4, -0.2) is 23.4 Å². The number of ether oxygens (including phenoxy) is 1. The zero-order valence-electron chi connectivity index (χ0n) is 17.0. The zero-order valence-corrected chi connectivity index (χ0v) is 17.8. The third-order valence-corrected chi connectivity index (χ3v) is 6.31. The normalized spacial score (nSPS) is 11.2. The molecule has 1 heterocycles. The number of thioether (sulfide) groups is 1. The quantitative estimate of drug-likeness (QED) is 0.324. The Balaban J connectivity index is 1.51. The predicted molar refractivity (Wildman–Crippen MR) is 120 cm³/mol. The molecule has 0 fully saturated rings. The van der Waals surface area contributed by atoms with E-state index in [2.05, 4.69) is 0 Å². The van der Waals surface area contributed by atoms with Gasteiger partial charge >= 0.3 is 5.97 Å². The van der Waals surface area contributed by atoms with Gasteiger partial charge < -0.3 is 14.3 Å². The maximum atomic E-state index is 13.4. The van der Waals surface area contributed by atoms with Crippen molar-refractivity contribution in [3.05, 3.63) is 101 Å². The van der Waals surface area contributed by atoms with Gasteiger partial charge in [0.05, 0.1) is 11.5 Å². The van der Waals surface area contributed by atoms with Gasteiger partial charge in [-0.05, 0) is 59.2 Å². The van der Waals surface area contributed by atoms with Gasteiger partial charge in [-0.15, -0.1) is 11.8 Å². The van der Waals surface area contributed by atoms with Crippen molar-refractivity contribution in [3.63, 3.8) is 0 Å². The van der Waals surface area contributed by atoms with Crippen molar-refractivity contribution >= 4 is 28.7 Å². The number of rotatable bonds is 9. The van der Waals surface area contributed by atoms with Gasteiger partial charge in [0.2, 0.25) is 0 Å². The van der Waals surface area contributed by atoms with Crippen LogP contribution in [-0.2, 0) is 11.2 Å². The summed E-state index contributed by atoms with van der Waals surface area (Å²) in [6.07, 6.45) is 2.35. The number of hydrogen-bond donors (Lipinski definition) is 1. The fourth-order valence-electron chi connectivity index (χ4n) is 3.48. The van der Waals surface area contributed by atoms with Gasteiger partial charge in [-0.1, -0.05) is 36.4 Å². The Morgan fingerprint density at radius 3 is 2.19 bits per heavy atom. The molecule has 4 aromatic rings. The molecule has 0 amide bonds. The van der Waals surface area contributed by atoms with Gasteiger partial charge in [-0.2, -0.15) is 0 Å². The first-order valence-corrected chi connectivity index (χ1v) is 11.0. The van der Waals surface area contributed by atoms with Crippen molar-refractivity contribution in [2.75, 3.05) is 12.4 Å². The summed E-state index contributed by atoms with van der Waals surface area (Å²) in [5.41, 5.74) is 3.36. The van der Waals surface area contributed by atoms with Crippen LogP contribution < -0.4 is 4.74 Å². The molecule has 164 valence electrons. The number of hydrogen-bond acceptors (Lipinski definition) is 4. The summed E-state index contributed by atoms with van der Waals surface area (Å²) in [5, 5.41) is 9.63. The molecular weight excluding hydrogens is 434 g/mol. The molecule has 0 radical (unpaired) electrons. The molecule has 7 heteroatoms. The molecule has 0 atom stereocenters. The van der Waals surface area contributed by atoms with Crippen LogP contribution in [0.4, 0.5) is 8.78 Å². The number of carboxylic acids is 1. The number of carbonyl (C=O) groups is 1. The first-order valence-electron chi connectivity index (χ1n) is 9.97. The summed E-state index contributed by atoms with van der Waals surface area (Å²) >= 11 is 1.67. The van der Waals surface area contributed by atoms with Crippen LogP contribution in [0.5, 0.6) is 5.75 Å². The van der Waals surface area contributed by atoms with Crippen LogP contribution >= 0.6 is 11.8 Å². The topological polar surface area (TPSA) is 59.7 Å². The highest BCUT2D eigenvalue weighted by molar-refractivity contribution is 7.99. The highest BCUT2D eigenvalue weighted by Crippen LogP contribution is 2.37. The Morgan fingerprint density at radius 1 is 0.969 bits per heavy atom. The number of benzene rings is 3. The number of fused-ring (bicyclic) bond motifs is 1. The van der Waals surface area contributed by atoms with Gasteiger partial charge in [0.1, 0.15) is 11.6 Å². The first-order chi connectivity index (χ1) is 15.5. The second kappa shape index (κ2) is 9.87. The van der Waals surface area contributed by atoms with E-state index in [0.29, 0.717) is 17.8 Å². The van der Waals surface area contributed by atoms with E-state index < -0.39 is 12.6 Å². The second-order valence-electron chi connectivity index (χ2n) is 7.18. The lowest BCUT2D eigenvalue weighted by Gasteiger charge is -2.18. The average molecular weight is 454 g/mol. The SMILES string of the molecule is O=C(O)COc1cccc2c(CCSC(c3ccc(F)cc3)c3ccc(F)cc3)coc12. The summed E-state index contributed by atoms with van der Waals surface area (Å²) in [5.74, 6) is -0.546. The van der Waals surface area contributed by atoms with Crippen molar-refractivity contribution in [3.8, 4) is 5.75 Å². The summed E-state index contributed by atoms with van der Waals surface area (Å²) in [6, 6.07) is 18.1. The monoisotopic (exact) mass is 454 g/mol. The van der Waals surface area contributed by atoms with E-state index in [1.54, 1.807) is 54.4 Å². The molecule has 0 aliphatic carbocycles. The number of furan rings is 1. The van der Waals surface area contributed by atoms with Crippen LogP contribution in [0.3, 0.4) is 0 Å². The van der Waals surface area contributed by atoms with Crippen LogP contribution in [0.15, 0.2) is 77.4 Å². The molecule has 0 aliphatic rings. The number of para-hydroxylation sites is 1. The van der Waals surface area contributed by atoms with E-state index in [9.17, 15) is 13.6 Å². The minimum absolute atomic E-state index is 0.0798. The Bertz CT molecular complexity index is 1160. The van der Waals surface area contributed by atoms with Crippen molar-refractivity contribution in [1.29, 1.82) is 0 Å². The number of carboxylic acid groups (broad SMARTS) is 1. The van der Waals surface area contributed by atoms with E-state index in [-0.39, 0.29) is 16.9 Å². The van der Waals surface area contributed by atoms with Crippen molar-refractivity contribution in [1.82, 2.24) is 0 Å². The van der Waals surface area contributed by atoms with Gasteiger partial charge in [0.25, 0.3) is 0 Å². The summed E-state index contributed by atoms with van der Waals surface area (Å²) in [4.78, 5) is 10.8. The van der Waals surface area contributed by atoms with Gasteiger partial charge in [0, 0.05) is 5.39 Å². The predicted octanol–water partition coefficient (Wildman–Crippen LogP) is 6.24. The lowest BCUT2D eigenvalue weighted by Crippen LogP contribution is -2.09. The van der Waals surface area contributed by atoms with Crippen molar-refractivity contribution in [2.45, 2.75) is 11.7 Å². The molecule has 0 spiro atoms. The van der Waals surface area contributed by atoms with Crippen molar-refractivity contribution < 1.29 is 27.8 Å². The van der Waals surface area contributed by atoms with E-state index >= 15 is 0 Å². The Morgan fingerprint density at radius 2 is 1.59 bits per heavy atom. The van der Waals surface area contributed by atoms with E-state index in [1.807, 2.05) is 6.07 Å². The molecule has 0 saturated heterocycles. The molecule has 3 aromatic carbocycles. The van der Waals surface area contributed by atoms with Gasteiger partial charge in [0.15, 0.2) is 17.9 Å². The summed E-state index contributed by atoms with van der Waals surface area (Å²) < 4.78 is 37.8. The Hall–Kier alpha value is -3.32. The third-order valence-electron chi connectivity index (χ3n) is 5.00. The summed E-state index contributed by atoms with van der Waals surface area (Å²) in [7, 11) is 0. The summed E-state index contributed by atoms with van der Waals surface area (Å²) in [6.45, 7) is -0.442. The molecule has 32 heavy (non-hydrogen) atoms. The molecule has 0 aliphatic heterocycles. The van der Waals surface area contributed by atoms with Gasteiger partial charge in [-0.3, -0.25) is 0 Å². The molecule has 0 saturated carbocycles. The smallest absolute Gasteiger partial charge is 0.341 e. The second-order valence-corrected chi connectivity index (χ2v) is 8.39. The molecule has 0 bridgehead atoms. The Labute approximate surface area is 187 Å². The van der Waals surface area contributed by atoms with Crippen LogP contribution in [0.1, 0.15) is 21.9 Å². The molecule has 1 N–H and O–H groups in total. The number of halogens is 2. The number of aliphatic carboxylic acids is 1. The maximum absolute atomic E-state index is 13.4. The van der Waals surface area contributed by atoms with Crippen LogP contribution in [0.2, 0.25) is 0 Å². The third kappa shape index (κ3) is 5.11. The van der Waals surface area contributed by atoms with Crippen LogP contribution in [0.25, 0.3) is 11.0 Å². The standard InChI is InChI=1S/C25H20F2O4S/c26-19-8-4-16(5-9-19)25(17-6-10-20(27)11-7-17)32-13-12-18-14-31-24-21(18)2-1-3-22(24)30-15-23(28)29/h1-11,14,25H,12-13,15H2,(H,28,29). The molecular formula is C25H20F2O4S. The first kappa shape index (κ1) is 21.9. The maximum Gasteiger partial charge on any atom is 0.341 e. The van der Waals surface area contributed by atoms with Crippen LogP contribution in [0, 0.1) is 11.6 Å². The van der Waals surface area contributed by atoms with Crippen molar-refractivity contribution in [2.24, 2.45) is 0 Å². The van der Waals surface area contributed by atoms with E-state index in [1.165, 1.54) is 24.3 Å². The largest absolute Gasteiger partial charge is 0.479 e. The van der Waals surface area contributed by atoms with E-state index in [0.717, 1.165) is 27.8 Å². The Kier molecular flexibility index (Phi) is 6.75. The highest BCUT2D eigenvalue weighted by atomic mass is 32.2.